The van der Waals surface area contributed by atoms with Gasteiger partial charge in [-0.3, -0.25) is 0 Å². The van der Waals surface area contributed by atoms with Gasteiger partial charge in [0.05, 0.1) is 0 Å². The second-order valence-corrected chi connectivity index (χ2v) is 6.25. The Morgan fingerprint density at radius 3 is 0.300 bits per heavy atom. The van der Waals surface area contributed by atoms with E-state index in [9.17, 15) is 0 Å². The fraction of sp³-hybridized carbons (Fsp3) is 0.583. The second-order valence-electron chi connectivity index (χ2n) is 6.25. The molecule has 0 aromatic carbocycles. The fourth-order valence-corrected chi connectivity index (χ4v) is 2.81. The summed E-state index contributed by atoms with van der Waals surface area (Å²) in [5, 5.41) is 0. The Hall–Kier alpha value is 4.33. The molecular formula is C24H42Te4V2. The van der Waals surface area contributed by atoms with Crippen LogP contribution in [0.25, 0.3) is 0 Å². The third-order valence-corrected chi connectivity index (χ3v) is 5.62. The largest absolute Gasteiger partial charge is 0 e. The van der Waals surface area contributed by atoms with Gasteiger partial charge in [-0.2, -0.15) is 0 Å². The minimum Gasteiger partial charge on any atom is 0 e. The molecule has 0 amide bonds. The summed E-state index contributed by atoms with van der Waals surface area (Å²) in [6, 6.07) is 0. The van der Waals surface area contributed by atoms with Crippen molar-refractivity contribution in [2.24, 2.45) is 0 Å². The fourth-order valence-electron chi connectivity index (χ4n) is 2.81. The van der Waals surface area contributed by atoms with Gasteiger partial charge >= 0.3 is 109 Å². The van der Waals surface area contributed by atoms with Crippen molar-refractivity contribution in [3.05, 3.63) is 59.2 Å². The van der Waals surface area contributed by atoms with Crippen molar-refractivity contribution in [3.63, 3.8) is 0 Å². The van der Waals surface area contributed by atoms with Gasteiger partial charge in [-0.1, -0.05) is 69.2 Å². The van der Waals surface area contributed by atoms with Gasteiger partial charge in [-0.15, -0.1) is 0 Å². The average Bonchev–Trinajstić information content (AvgIpc) is 3.04. The van der Waals surface area contributed by atoms with Crippen molar-refractivity contribution in [1.82, 2.24) is 0 Å². The Labute approximate surface area is 270 Å². The predicted octanol–water partition coefficient (Wildman–Crippen LogP) is 6.75. The van der Waals surface area contributed by atoms with Crippen LogP contribution in [0.2, 0.25) is 19.9 Å². The van der Waals surface area contributed by atoms with E-state index in [0.29, 0.717) is 0 Å². The van der Waals surface area contributed by atoms with E-state index in [-0.39, 0.29) is 37.1 Å². The normalized spacial score (nSPS) is 19.8. The zero-order chi connectivity index (χ0) is 23.8. The summed E-state index contributed by atoms with van der Waals surface area (Å²) < 4.78 is 0. The first-order chi connectivity index (χ1) is 13.1. The maximum atomic E-state index is 2.20. The van der Waals surface area contributed by atoms with E-state index in [4.69, 9.17) is 0 Å². The van der Waals surface area contributed by atoms with Gasteiger partial charge < -0.3 is 0 Å². The monoisotopic (exact) mass is 952 g/mol. The second kappa shape index (κ2) is 29.6. The van der Waals surface area contributed by atoms with Crippen LogP contribution in [0.1, 0.15) is 69.2 Å². The molecular weight excluding hydrogens is 901 g/mol. The quantitative estimate of drug-likeness (QED) is 0.236. The van der Waals surface area contributed by atoms with Crippen molar-refractivity contribution < 1.29 is 37.1 Å². The van der Waals surface area contributed by atoms with E-state index in [1.54, 1.807) is 0 Å². The topological polar surface area (TPSA) is 0 Å². The van der Waals surface area contributed by atoms with Crippen molar-refractivity contribution in [3.8, 4) is 0 Å². The molecule has 2 rings (SSSR count). The number of rotatable bonds is 0. The molecule has 0 bridgehead atoms. The Bertz CT molecular complexity index is 202. The molecule has 2 aliphatic rings. The van der Waals surface area contributed by atoms with Gasteiger partial charge in [0, 0.05) is 37.1 Å². The third kappa shape index (κ3) is 16.1. The number of hydrogen-bond acceptors (Lipinski definition) is 0. The van der Waals surface area contributed by atoms with Crippen LogP contribution in [-0.2, 0) is 37.1 Å². The molecule has 30 heavy (non-hydrogen) atoms. The molecule has 0 aromatic heterocycles. The molecule has 0 atom stereocenters. The molecule has 0 nitrogen and oxygen atoms in total. The molecule has 2 saturated carbocycles. The first kappa shape index (κ1) is 47.5. The van der Waals surface area contributed by atoms with Crippen LogP contribution in [0, 0.1) is 59.2 Å². The molecule has 0 spiro atoms. The number of hydrogen-bond donors (Lipinski definition) is 0. The van der Waals surface area contributed by atoms with E-state index >= 15 is 0 Å². The molecule has 0 aliphatic heterocycles. The predicted molar refractivity (Wildman–Crippen MR) is 136 cm³/mol. The Morgan fingerprint density at radius 2 is 0.267 bits per heavy atom. The molecule has 2 fully saturated rings. The standard InChI is InChI=1S/2C10H15.4CH3Te.2V/c2*1-6-7(2)9(4)10(5)8(6)3;4*1-2;;/h2*1-5H3;4*1H3;;. The SMILES string of the molecule is C[C]1[C](C)[C](C)[C](C)[C]1C.C[C]1[C](C)[C](C)[C](C)[C]1C.C[Te].C[Te].C[Te].C[Te].[V].[V]. The average molecular weight is 943 g/mol. The smallest absolute Gasteiger partial charge is 0 e. The molecule has 2 aliphatic carbocycles. The van der Waals surface area contributed by atoms with Crippen LogP contribution >= 0.6 is 0 Å². The van der Waals surface area contributed by atoms with Gasteiger partial charge in [0.15, 0.2) is 0 Å². The van der Waals surface area contributed by atoms with Gasteiger partial charge in [0.25, 0.3) is 0 Å². The zero-order valence-electron chi connectivity index (χ0n) is 21.5. The summed E-state index contributed by atoms with van der Waals surface area (Å²) in [4.78, 5) is 8.04. The summed E-state index contributed by atoms with van der Waals surface area (Å²) in [5.41, 5.74) is 0. The van der Waals surface area contributed by atoms with Crippen LogP contribution in [0.3, 0.4) is 0 Å². The van der Waals surface area contributed by atoms with Crippen LogP contribution in [0.15, 0.2) is 0 Å². The van der Waals surface area contributed by atoms with Gasteiger partial charge in [0.1, 0.15) is 0 Å². The van der Waals surface area contributed by atoms with Gasteiger partial charge in [-0.05, 0) is 59.2 Å². The van der Waals surface area contributed by atoms with E-state index in [1.807, 2.05) is 109 Å². The molecule has 172 valence electrons. The molecule has 0 N–H and O–H groups in total. The first-order valence-electron chi connectivity index (χ1n) is 9.13. The molecule has 0 unspecified atom stereocenters. The molecule has 0 aromatic rings. The summed E-state index contributed by atoms with van der Waals surface area (Å²) in [6.45, 7) is 22.0. The van der Waals surface area contributed by atoms with Crippen molar-refractivity contribution >= 4 is 89.2 Å². The van der Waals surface area contributed by atoms with Crippen LogP contribution in [0.4, 0.5) is 0 Å². The Kier molecular flexibility index (Phi) is 46.8. The minimum atomic E-state index is 0. The Morgan fingerprint density at radius 1 is 0.233 bits per heavy atom. The van der Waals surface area contributed by atoms with Crippen LogP contribution in [0.5, 0.6) is 0 Å². The van der Waals surface area contributed by atoms with Crippen LogP contribution < -0.4 is 0 Å². The van der Waals surface area contributed by atoms with E-state index in [1.165, 1.54) is 59.2 Å². The summed E-state index contributed by atoms with van der Waals surface area (Å²) in [6.07, 6.45) is 0. The molecule has 0 saturated heterocycles. The summed E-state index contributed by atoms with van der Waals surface area (Å²) in [7, 11) is 0. The molecule has 16 radical (unpaired) electrons. The summed E-state index contributed by atoms with van der Waals surface area (Å²) >= 11 is 7.80. The van der Waals surface area contributed by atoms with Crippen molar-refractivity contribution in [2.45, 2.75) is 89.1 Å². The van der Waals surface area contributed by atoms with E-state index in [2.05, 4.69) is 69.2 Å². The first-order valence-corrected chi connectivity index (χ1v) is 18.5. The zero-order valence-corrected chi connectivity index (χ0v) is 33.6. The molecule has 6 heteroatoms. The van der Waals surface area contributed by atoms with Crippen molar-refractivity contribution in [2.75, 3.05) is 0 Å². The van der Waals surface area contributed by atoms with E-state index < -0.39 is 0 Å². The minimum absolute atomic E-state index is 0. The maximum absolute atomic E-state index is 2.20. The maximum Gasteiger partial charge on any atom is 0 e. The molecule has 0 heterocycles. The van der Waals surface area contributed by atoms with Crippen LogP contribution in [-0.4, -0.2) is 89.2 Å². The summed E-state index contributed by atoms with van der Waals surface area (Å²) in [5.74, 6) is 14.7. The van der Waals surface area contributed by atoms with E-state index in [0.717, 1.165) is 0 Å². The Balaban J connectivity index is -0.0000000686. The van der Waals surface area contributed by atoms with Crippen molar-refractivity contribution in [1.29, 1.82) is 0 Å². The van der Waals surface area contributed by atoms with Gasteiger partial charge in [0.2, 0.25) is 0 Å². The van der Waals surface area contributed by atoms with Gasteiger partial charge in [-0.25, -0.2) is 0 Å². The third-order valence-electron chi connectivity index (χ3n) is 5.62.